The number of piperidine rings is 1. The Labute approximate surface area is 252 Å². The number of aromatic nitrogens is 1. The van der Waals surface area contributed by atoms with E-state index < -0.39 is 0 Å². The Hall–Kier alpha value is -2.94. The summed E-state index contributed by atoms with van der Waals surface area (Å²) >= 11 is 16.3. The van der Waals surface area contributed by atoms with Gasteiger partial charge in [-0.25, -0.2) is 4.39 Å². The molecule has 9 heteroatoms. The van der Waals surface area contributed by atoms with Gasteiger partial charge >= 0.3 is 0 Å². The van der Waals surface area contributed by atoms with Crippen molar-refractivity contribution in [1.82, 2.24) is 10.3 Å². The first-order valence-corrected chi connectivity index (χ1v) is 15.0. The van der Waals surface area contributed by atoms with E-state index in [1.165, 1.54) is 18.6 Å². The molecule has 2 aromatic heterocycles. The van der Waals surface area contributed by atoms with Gasteiger partial charge < -0.3 is 19.5 Å². The fourth-order valence-corrected chi connectivity index (χ4v) is 7.22. The van der Waals surface area contributed by atoms with Crippen molar-refractivity contribution in [3.05, 3.63) is 99.7 Å². The van der Waals surface area contributed by atoms with Crippen LogP contribution in [0.4, 0.5) is 15.8 Å². The standard InChI is InChI=1S/C31H29BrClFN4OS/c1-18-13-19(2)17-37(16-18)26-9-7-21(15-24(26)33)38-30(29(36-31(38)40)25-5-3-4-12-35-25)28-11-10-27(39-28)22-8-6-20(34)14-23(22)32/h3-12,14-15,18-19,29-30H,13,16-17H2,1-2H3,(H,36,40)/t18-,19-,29+,30+/m1/s1. The van der Waals surface area contributed by atoms with Gasteiger partial charge in [0.15, 0.2) is 5.11 Å². The molecule has 2 fully saturated rings. The molecule has 2 aromatic carbocycles. The summed E-state index contributed by atoms with van der Waals surface area (Å²) in [4.78, 5) is 9.06. The molecule has 0 bridgehead atoms. The number of hydrogen-bond acceptors (Lipinski definition) is 4. The highest BCUT2D eigenvalue weighted by Gasteiger charge is 2.43. The molecule has 40 heavy (non-hydrogen) atoms. The van der Waals surface area contributed by atoms with Gasteiger partial charge in [0.2, 0.25) is 0 Å². The molecule has 2 aliphatic heterocycles. The number of pyridine rings is 1. The summed E-state index contributed by atoms with van der Waals surface area (Å²) in [5, 5.41) is 4.72. The van der Waals surface area contributed by atoms with Crippen molar-refractivity contribution in [1.29, 1.82) is 0 Å². The number of thiocarbonyl (C=S) groups is 1. The van der Waals surface area contributed by atoms with Gasteiger partial charge in [0.05, 0.1) is 22.4 Å². The Balaban J connectivity index is 1.39. The summed E-state index contributed by atoms with van der Waals surface area (Å²) in [5.41, 5.74) is 3.52. The fourth-order valence-electron chi connectivity index (χ4n) is 6.03. The van der Waals surface area contributed by atoms with Crippen molar-refractivity contribution in [2.45, 2.75) is 32.4 Å². The van der Waals surface area contributed by atoms with Gasteiger partial charge in [-0.1, -0.05) is 31.5 Å². The van der Waals surface area contributed by atoms with Crippen LogP contribution in [0.15, 0.2) is 81.8 Å². The second kappa shape index (κ2) is 11.1. The highest BCUT2D eigenvalue weighted by Crippen LogP contribution is 2.45. The Morgan fingerprint density at radius 2 is 1.85 bits per heavy atom. The molecule has 4 heterocycles. The minimum Gasteiger partial charge on any atom is -0.459 e. The van der Waals surface area contributed by atoms with Crippen molar-refractivity contribution in [3.8, 4) is 11.3 Å². The van der Waals surface area contributed by atoms with E-state index in [0.717, 1.165) is 35.7 Å². The SMILES string of the molecule is C[C@@H]1C[C@@H](C)CN(c2ccc(N3C(=S)N[C@@H](c4ccccn4)[C@@H]3c3ccc(-c4ccc(F)cc4Br)o3)cc2Cl)C1. The number of hydrogen-bond donors (Lipinski definition) is 1. The molecule has 0 unspecified atom stereocenters. The van der Waals surface area contributed by atoms with E-state index in [2.05, 4.69) is 57.1 Å². The van der Waals surface area contributed by atoms with Crippen molar-refractivity contribution in [2.75, 3.05) is 22.9 Å². The van der Waals surface area contributed by atoms with Crippen LogP contribution in [0.2, 0.25) is 5.02 Å². The first-order valence-electron chi connectivity index (χ1n) is 13.4. The summed E-state index contributed by atoms with van der Waals surface area (Å²) in [6, 6.07) is 19.8. The van der Waals surface area contributed by atoms with Gasteiger partial charge in [0.25, 0.3) is 0 Å². The molecule has 0 aliphatic carbocycles. The Kier molecular flexibility index (Phi) is 7.59. The van der Waals surface area contributed by atoms with Crippen LogP contribution in [0.3, 0.4) is 0 Å². The number of anilines is 2. The minimum absolute atomic E-state index is 0.258. The molecule has 2 aliphatic rings. The van der Waals surface area contributed by atoms with E-state index in [4.69, 9.17) is 28.2 Å². The summed E-state index contributed by atoms with van der Waals surface area (Å²) < 4.78 is 20.8. The third-order valence-corrected chi connectivity index (χ3v) is 8.91. The van der Waals surface area contributed by atoms with E-state index in [9.17, 15) is 4.39 Å². The zero-order chi connectivity index (χ0) is 28.0. The summed E-state index contributed by atoms with van der Waals surface area (Å²) in [6.45, 7) is 6.57. The Morgan fingerprint density at radius 3 is 2.55 bits per heavy atom. The summed E-state index contributed by atoms with van der Waals surface area (Å²) in [6.07, 6.45) is 3.01. The second-order valence-corrected chi connectivity index (χ2v) is 12.5. The summed E-state index contributed by atoms with van der Waals surface area (Å²) in [5.74, 6) is 2.25. The molecule has 6 rings (SSSR count). The van der Waals surface area contributed by atoms with Gasteiger partial charge in [-0.2, -0.15) is 0 Å². The predicted molar refractivity (Wildman–Crippen MR) is 166 cm³/mol. The molecule has 0 saturated carbocycles. The van der Waals surface area contributed by atoms with Crippen LogP contribution in [0.5, 0.6) is 0 Å². The zero-order valence-corrected chi connectivity index (χ0v) is 25.3. The molecule has 4 aromatic rings. The van der Waals surface area contributed by atoms with Crippen molar-refractivity contribution in [3.63, 3.8) is 0 Å². The molecule has 2 saturated heterocycles. The van der Waals surface area contributed by atoms with Crippen LogP contribution in [0.25, 0.3) is 11.3 Å². The molecule has 1 N–H and O–H groups in total. The maximum atomic E-state index is 13.7. The lowest BCUT2D eigenvalue weighted by atomic mass is 9.91. The first-order chi connectivity index (χ1) is 19.3. The third kappa shape index (κ3) is 5.24. The average Bonchev–Trinajstić information content (AvgIpc) is 3.53. The molecule has 0 radical (unpaired) electrons. The number of benzene rings is 2. The first kappa shape index (κ1) is 27.2. The zero-order valence-electron chi connectivity index (χ0n) is 22.2. The van der Waals surface area contributed by atoms with Crippen LogP contribution < -0.4 is 15.1 Å². The normalized spacial score (nSPS) is 23.0. The van der Waals surface area contributed by atoms with E-state index in [1.54, 1.807) is 12.3 Å². The monoisotopic (exact) mass is 638 g/mol. The molecular weight excluding hydrogens is 611 g/mol. The quantitative estimate of drug-likeness (QED) is 0.221. The summed E-state index contributed by atoms with van der Waals surface area (Å²) in [7, 11) is 0. The van der Waals surface area contributed by atoms with Gasteiger partial charge in [0.1, 0.15) is 23.4 Å². The van der Waals surface area contributed by atoms with Crippen LogP contribution in [-0.4, -0.2) is 23.2 Å². The molecular formula is C31H29BrClFN4OS. The number of furan rings is 1. The topological polar surface area (TPSA) is 44.5 Å². The minimum atomic E-state index is -0.327. The smallest absolute Gasteiger partial charge is 0.174 e. The lowest BCUT2D eigenvalue weighted by Crippen LogP contribution is -2.38. The lowest BCUT2D eigenvalue weighted by molar-refractivity contribution is 0.357. The van der Waals surface area contributed by atoms with Crippen LogP contribution in [0.1, 0.15) is 43.8 Å². The number of nitrogens with zero attached hydrogens (tertiary/aromatic N) is 3. The van der Waals surface area contributed by atoms with E-state index in [1.807, 2.05) is 41.3 Å². The highest BCUT2D eigenvalue weighted by atomic mass is 79.9. The average molecular weight is 640 g/mol. The van der Waals surface area contributed by atoms with Crippen LogP contribution in [0, 0.1) is 17.7 Å². The number of nitrogens with one attached hydrogen (secondary N) is 1. The van der Waals surface area contributed by atoms with Gasteiger partial charge in [-0.05, 0) is 107 Å². The molecule has 0 amide bonds. The van der Waals surface area contributed by atoms with Crippen molar-refractivity contribution >= 4 is 56.2 Å². The molecule has 4 atom stereocenters. The van der Waals surface area contributed by atoms with E-state index in [0.29, 0.717) is 38.0 Å². The van der Waals surface area contributed by atoms with Gasteiger partial charge in [-0.3, -0.25) is 4.98 Å². The number of rotatable bonds is 5. The van der Waals surface area contributed by atoms with Crippen LogP contribution >= 0.6 is 39.7 Å². The largest absolute Gasteiger partial charge is 0.459 e. The predicted octanol–water partition coefficient (Wildman–Crippen LogP) is 8.56. The highest BCUT2D eigenvalue weighted by molar-refractivity contribution is 9.10. The maximum absolute atomic E-state index is 13.7. The van der Waals surface area contributed by atoms with E-state index >= 15 is 0 Å². The Morgan fingerprint density at radius 1 is 1.05 bits per heavy atom. The lowest BCUT2D eigenvalue weighted by Gasteiger charge is -2.37. The van der Waals surface area contributed by atoms with Crippen molar-refractivity contribution in [2.24, 2.45) is 11.8 Å². The Bertz CT molecular complexity index is 1540. The molecule has 5 nitrogen and oxygen atoms in total. The van der Waals surface area contributed by atoms with Gasteiger partial charge in [0, 0.05) is 35.0 Å². The molecule has 0 spiro atoms. The number of halogens is 3. The van der Waals surface area contributed by atoms with Crippen LogP contribution in [-0.2, 0) is 0 Å². The van der Waals surface area contributed by atoms with E-state index in [-0.39, 0.29) is 17.9 Å². The second-order valence-electron chi connectivity index (χ2n) is 10.8. The maximum Gasteiger partial charge on any atom is 0.174 e. The fraction of sp³-hybridized carbons (Fsp3) is 0.290. The van der Waals surface area contributed by atoms with Crippen molar-refractivity contribution < 1.29 is 8.81 Å². The molecule has 206 valence electrons. The third-order valence-electron chi connectivity index (χ3n) is 7.63. The van der Waals surface area contributed by atoms with Gasteiger partial charge in [-0.15, -0.1) is 0 Å².